The van der Waals surface area contributed by atoms with Crippen molar-refractivity contribution in [2.45, 2.75) is 18.9 Å². The summed E-state index contributed by atoms with van der Waals surface area (Å²) in [6.07, 6.45) is -0.0561. The zero-order valence-electron chi connectivity index (χ0n) is 20.7. The highest BCUT2D eigenvalue weighted by Gasteiger charge is 2.28. The molecule has 2 N–H and O–H groups in total. The molecule has 1 atom stereocenters. The number of amides is 2. The van der Waals surface area contributed by atoms with Crippen LogP contribution >= 0.6 is 0 Å². The van der Waals surface area contributed by atoms with Crippen LogP contribution in [-0.4, -0.2) is 23.5 Å². The maximum absolute atomic E-state index is 14.0. The third-order valence-electron chi connectivity index (χ3n) is 6.68. The van der Waals surface area contributed by atoms with Crippen LogP contribution in [0.1, 0.15) is 50.8 Å². The number of rotatable bonds is 4. The number of anilines is 2. The van der Waals surface area contributed by atoms with Crippen molar-refractivity contribution in [1.82, 2.24) is 0 Å². The number of nitriles is 1. The number of carbonyl (C=O) groups is 2. The highest BCUT2D eigenvalue weighted by Crippen LogP contribution is 2.35. The summed E-state index contributed by atoms with van der Waals surface area (Å²) in [7, 11) is 0. The minimum absolute atomic E-state index is 0.0358. The number of fused-ring (bicyclic) bond motifs is 1. The number of aliphatic hydroxyl groups is 1. The molecule has 8 heteroatoms. The van der Waals surface area contributed by atoms with Crippen LogP contribution in [0.4, 0.5) is 20.2 Å². The monoisotopic (exact) mass is 523 g/mol. The van der Waals surface area contributed by atoms with E-state index in [-0.39, 0.29) is 28.9 Å². The Hall–Kier alpha value is -4.87. The number of benzene rings is 4. The SMILES string of the molecule is N#Cc1cc(NC(=O)c2ccc(F)cc2-c2ccccc2)ccc1C(=O)N1CCCC(O)c2cc(F)ccc21. The average molecular weight is 524 g/mol. The van der Waals surface area contributed by atoms with Gasteiger partial charge in [-0.1, -0.05) is 30.3 Å². The molecule has 0 fully saturated rings. The largest absolute Gasteiger partial charge is 0.388 e. The number of hydrogen-bond acceptors (Lipinski definition) is 4. The van der Waals surface area contributed by atoms with E-state index in [4.69, 9.17) is 0 Å². The van der Waals surface area contributed by atoms with Crippen LogP contribution in [0, 0.1) is 23.0 Å². The van der Waals surface area contributed by atoms with Crippen LogP contribution in [0.2, 0.25) is 0 Å². The second kappa shape index (κ2) is 10.9. The molecule has 4 aromatic rings. The molecule has 0 bridgehead atoms. The van der Waals surface area contributed by atoms with Gasteiger partial charge in [0.25, 0.3) is 11.8 Å². The number of halogens is 2. The predicted octanol–water partition coefficient (Wildman–Crippen LogP) is 6.23. The van der Waals surface area contributed by atoms with Crippen molar-refractivity contribution in [3.63, 3.8) is 0 Å². The molecule has 1 aliphatic heterocycles. The molecule has 194 valence electrons. The molecule has 6 nitrogen and oxygen atoms in total. The van der Waals surface area contributed by atoms with Crippen molar-refractivity contribution in [2.24, 2.45) is 0 Å². The van der Waals surface area contributed by atoms with E-state index >= 15 is 0 Å². The summed E-state index contributed by atoms with van der Waals surface area (Å²) in [5.41, 5.74) is 2.46. The van der Waals surface area contributed by atoms with Crippen LogP contribution < -0.4 is 10.2 Å². The summed E-state index contributed by atoms with van der Waals surface area (Å²) in [6.45, 7) is 0.282. The third kappa shape index (κ3) is 5.26. The van der Waals surface area contributed by atoms with Gasteiger partial charge >= 0.3 is 0 Å². The van der Waals surface area contributed by atoms with Gasteiger partial charge in [0.05, 0.1) is 17.2 Å². The van der Waals surface area contributed by atoms with Crippen LogP contribution in [-0.2, 0) is 0 Å². The van der Waals surface area contributed by atoms with E-state index < -0.39 is 29.6 Å². The molecule has 1 aliphatic rings. The second-order valence-corrected chi connectivity index (χ2v) is 9.20. The van der Waals surface area contributed by atoms with Gasteiger partial charge in [0.15, 0.2) is 0 Å². The lowest BCUT2D eigenvalue weighted by Crippen LogP contribution is -2.32. The third-order valence-corrected chi connectivity index (χ3v) is 6.68. The molecule has 2 amide bonds. The lowest BCUT2D eigenvalue weighted by atomic mass is 9.98. The van der Waals surface area contributed by atoms with E-state index in [2.05, 4.69) is 5.32 Å². The smallest absolute Gasteiger partial charge is 0.259 e. The number of nitrogens with zero attached hydrogens (tertiary/aromatic N) is 2. The van der Waals surface area contributed by atoms with Crippen molar-refractivity contribution in [1.29, 1.82) is 5.26 Å². The topological polar surface area (TPSA) is 93.4 Å². The molecule has 0 saturated heterocycles. The Bertz CT molecular complexity index is 1620. The molecule has 1 unspecified atom stereocenters. The van der Waals surface area contributed by atoms with Crippen LogP contribution in [0.3, 0.4) is 0 Å². The second-order valence-electron chi connectivity index (χ2n) is 9.20. The molecular weight excluding hydrogens is 500 g/mol. The number of hydrogen-bond donors (Lipinski definition) is 2. The van der Waals surface area contributed by atoms with Crippen LogP contribution in [0.15, 0.2) is 84.9 Å². The van der Waals surface area contributed by atoms with E-state index in [9.17, 15) is 28.7 Å². The number of carbonyl (C=O) groups excluding carboxylic acids is 2. The molecule has 0 aromatic heterocycles. The van der Waals surface area contributed by atoms with Gasteiger partial charge in [0.2, 0.25) is 0 Å². The zero-order valence-corrected chi connectivity index (χ0v) is 20.7. The predicted molar refractivity (Wildman–Crippen MR) is 143 cm³/mol. The first-order valence-electron chi connectivity index (χ1n) is 12.4. The Morgan fingerprint density at radius 1 is 0.923 bits per heavy atom. The van der Waals surface area contributed by atoms with E-state index in [1.54, 1.807) is 24.3 Å². The molecule has 4 aromatic carbocycles. The molecule has 0 aliphatic carbocycles. The van der Waals surface area contributed by atoms with Crippen LogP contribution in [0.5, 0.6) is 0 Å². The fourth-order valence-corrected chi connectivity index (χ4v) is 4.78. The maximum atomic E-state index is 14.0. The quantitative estimate of drug-likeness (QED) is 0.332. The van der Waals surface area contributed by atoms with Crippen molar-refractivity contribution >= 4 is 23.2 Å². The fraction of sp³-hybridized carbons (Fsp3) is 0.129. The molecule has 39 heavy (non-hydrogen) atoms. The summed E-state index contributed by atoms with van der Waals surface area (Å²) < 4.78 is 27.9. The Balaban J connectivity index is 1.44. The molecule has 1 heterocycles. The van der Waals surface area contributed by atoms with E-state index in [0.717, 1.165) is 0 Å². The van der Waals surface area contributed by atoms with Gasteiger partial charge in [0, 0.05) is 29.0 Å². The Kier molecular flexibility index (Phi) is 7.17. The first kappa shape index (κ1) is 25.8. The lowest BCUT2D eigenvalue weighted by Gasteiger charge is -2.24. The van der Waals surface area contributed by atoms with Gasteiger partial charge in [-0.05, 0) is 78.6 Å². The Labute approximate surface area is 223 Å². The minimum atomic E-state index is -0.909. The van der Waals surface area contributed by atoms with E-state index in [0.29, 0.717) is 35.2 Å². The van der Waals surface area contributed by atoms with Gasteiger partial charge in [-0.15, -0.1) is 0 Å². The van der Waals surface area contributed by atoms with Crippen molar-refractivity contribution in [2.75, 3.05) is 16.8 Å². The summed E-state index contributed by atoms with van der Waals surface area (Å²) in [6, 6.07) is 23.1. The summed E-state index contributed by atoms with van der Waals surface area (Å²) >= 11 is 0. The summed E-state index contributed by atoms with van der Waals surface area (Å²) in [4.78, 5) is 28.2. The van der Waals surface area contributed by atoms with Gasteiger partial charge in [-0.25, -0.2) is 8.78 Å². The molecule has 0 spiro atoms. The number of nitrogens with one attached hydrogen (secondary N) is 1. The maximum Gasteiger partial charge on any atom is 0.259 e. The van der Waals surface area contributed by atoms with Crippen molar-refractivity contribution < 1.29 is 23.5 Å². The standard InChI is InChI=1S/C31H23F2N3O3/c32-21-8-11-25(26(16-21)19-5-2-1-3-6-19)30(38)35-23-10-12-24(20(15-23)18-34)31(39)36-14-4-7-29(37)27-17-22(33)9-13-28(27)36/h1-3,5-6,8-13,15-17,29,37H,4,7,14H2,(H,35,38). The molecule has 0 saturated carbocycles. The highest BCUT2D eigenvalue weighted by atomic mass is 19.1. The fourth-order valence-electron chi connectivity index (χ4n) is 4.78. The first-order chi connectivity index (χ1) is 18.9. The Morgan fingerprint density at radius 3 is 2.41 bits per heavy atom. The normalized spacial score (nSPS) is 14.6. The van der Waals surface area contributed by atoms with Crippen LogP contribution in [0.25, 0.3) is 11.1 Å². The van der Waals surface area contributed by atoms with Gasteiger partial charge < -0.3 is 15.3 Å². The molecular formula is C31H23F2N3O3. The Morgan fingerprint density at radius 2 is 1.64 bits per heavy atom. The van der Waals surface area contributed by atoms with E-state index in [1.807, 2.05) is 12.1 Å². The minimum Gasteiger partial charge on any atom is -0.388 e. The number of aliphatic hydroxyl groups excluding tert-OH is 1. The zero-order chi connectivity index (χ0) is 27.5. The highest BCUT2D eigenvalue weighted by molar-refractivity contribution is 6.10. The van der Waals surface area contributed by atoms with Crippen molar-refractivity contribution in [3.8, 4) is 17.2 Å². The average Bonchev–Trinajstić information content (AvgIpc) is 3.11. The molecule has 0 radical (unpaired) electrons. The first-order valence-corrected chi connectivity index (χ1v) is 12.4. The van der Waals surface area contributed by atoms with Gasteiger partial charge in [-0.2, -0.15) is 5.26 Å². The van der Waals surface area contributed by atoms with E-state index in [1.165, 1.54) is 59.5 Å². The lowest BCUT2D eigenvalue weighted by molar-refractivity contribution is 0.0985. The van der Waals surface area contributed by atoms with Gasteiger partial charge in [-0.3, -0.25) is 9.59 Å². The summed E-state index contributed by atoms with van der Waals surface area (Å²) in [5, 5.41) is 23.0. The van der Waals surface area contributed by atoms with Crippen molar-refractivity contribution in [3.05, 3.63) is 119 Å². The molecule has 5 rings (SSSR count). The van der Waals surface area contributed by atoms with Gasteiger partial charge in [0.1, 0.15) is 17.7 Å². The summed E-state index contributed by atoms with van der Waals surface area (Å²) in [5.74, 6) is -1.98.